The Kier molecular flexibility index (Phi) is 11.1. The molecule has 1 heterocycles. The van der Waals surface area contributed by atoms with Crippen LogP contribution < -0.4 is 16.0 Å². The Labute approximate surface area is 255 Å². The third-order valence-electron chi connectivity index (χ3n) is 8.56. The minimum absolute atomic E-state index is 0.0120. The average Bonchev–Trinajstić information content (AvgIpc) is 3.02. The second kappa shape index (κ2) is 15.0. The van der Waals surface area contributed by atoms with Crippen LogP contribution in [0.5, 0.6) is 0 Å². The first kappa shape index (κ1) is 31.9. The summed E-state index contributed by atoms with van der Waals surface area (Å²) in [6.07, 6.45) is 8.43. The number of aryl methyl sites for hydroxylation is 2. The van der Waals surface area contributed by atoms with Crippen molar-refractivity contribution in [3.8, 4) is 0 Å². The van der Waals surface area contributed by atoms with Gasteiger partial charge >= 0.3 is 0 Å². The Balaban J connectivity index is 1.49. The lowest BCUT2D eigenvalue weighted by molar-refractivity contribution is -0.144. The third kappa shape index (κ3) is 8.54. The molecular formula is C34H45N5O4. The summed E-state index contributed by atoms with van der Waals surface area (Å²) in [5.74, 6) is -1.19. The second-order valence-electron chi connectivity index (χ2n) is 11.9. The van der Waals surface area contributed by atoms with Gasteiger partial charge in [-0.1, -0.05) is 78.9 Å². The molecule has 0 spiro atoms. The van der Waals surface area contributed by atoms with Crippen LogP contribution in [0.3, 0.4) is 0 Å². The van der Waals surface area contributed by atoms with Crippen LogP contribution in [0.1, 0.15) is 61.3 Å². The third-order valence-corrected chi connectivity index (χ3v) is 8.56. The first-order chi connectivity index (χ1) is 20.7. The van der Waals surface area contributed by atoms with Crippen molar-refractivity contribution in [2.45, 2.75) is 84.0 Å². The van der Waals surface area contributed by atoms with E-state index in [2.05, 4.69) is 16.0 Å². The van der Waals surface area contributed by atoms with E-state index in [-0.39, 0.29) is 36.1 Å². The van der Waals surface area contributed by atoms with Gasteiger partial charge in [-0.15, -0.1) is 0 Å². The van der Waals surface area contributed by atoms with Crippen LogP contribution in [-0.4, -0.2) is 65.1 Å². The number of likely N-dealkylation sites (N-methyl/N-ethyl adjacent to an activating group) is 1. The van der Waals surface area contributed by atoms with Crippen LogP contribution in [0.2, 0.25) is 0 Å². The number of amides is 4. The molecule has 1 fully saturated rings. The number of rotatable bonds is 11. The fourth-order valence-corrected chi connectivity index (χ4v) is 5.69. The predicted molar refractivity (Wildman–Crippen MR) is 166 cm³/mol. The Morgan fingerprint density at radius 2 is 1.47 bits per heavy atom. The van der Waals surface area contributed by atoms with Gasteiger partial charge < -0.3 is 25.8 Å². The second-order valence-corrected chi connectivity index (χ2v) is 11.9. The van der Waals surface area contributed by atoms with Crippen molar-refractivity contribution in [3.63, 3.8) is 0 Å². The van der Waals surface area contributed by atoms with Crippen molar-refractivity contribution in [1.29, 1.82) is 0 Å². The van der Waals surface area contributed by atoms with Crippen molar-refractivity contribution < 1.29 is 19.2 Å². The molecule has 4 amide bonds. The van der Waals surface area contributed by atoms with E-state index in [0.29, 0.717) is 13.0 Å². The largest absolute Gasteiger partial charge is 0.345 e. The van der Waals surface area contributed by atoms with E-state index in [1.54, 1.807) is 31.3 Å². The summed E-state index contributed by atoms with van der Waals surface area (Å²) < 4.78 is 0. The Morgan fingerprint density at radius 3 is 2.07 bits per heavy atom. The number of carbonyl (C=O) groups is 4. The molecule has 1 aliphatic heterocycles. The highest BCUT2D eigenvalue weighted by Gasteiger charge is 2.36. The first-order valence-corrected chi connectivity index (χ1v) is 15.3. The Bertz CT molecular complexity index is 1300. The molecule has 0 radical (unpaired) electrons. The van der Waals surface area contributed by atoms with Crippen LogP contribution >= 0.6 is 0 Å². The van der Waals surface area contributed by atoms with E-state index in [0.717, 1.165) is 54.4 Å². The number of nitrogens with one attached hydrogen (secondary N) is 3. The highest BCUT2D eigenvalue weighted by Crippen LogP contribution is 2.27. The number of hydrogen-bond acceptors (Lipinski definition) is 5. The minimum atomic E-state index is -0.757. The van der Waals surface area contributed by atoms with Crippen LogP contribution in [-0.2, 0) is 32.1 Å². The van der Waals surface area contributed by atoms with Gasteiger partial charge in [-0.3, -0.25) is 19.2 Å². The molecule has 0 saturated heterocycles. The molecule has 4 rings (SSSR count). The molecule has 2 aromatic carbocycles. The fraction of sp³-hybridized carbons (Fsp3) is 0.471. The van der Waals surface area contributed by atoms with Crippen molar-refractivity contribution in [1.82, 2.24) is 25.8 Å². The fourth-order valence-electron chi connectivity index (χ4n) is 5.69. The first-order valence-electron chi connectivity index (χ1n) is 15.3. The van der Waals surface area contributed by atoms with Gasteiger partial charge in [-0.05, 0) is 57.7 Å². The Hall–Kier alpha value is -3.98. The van der Waals surface area contributed by atoms with Gasteiger partial charge in [-0.25, -0.2) is 0 Å². The number of carbonyl (C=O) groups excluding carboxylic acids is 4. The summed E-state index contributed by atoms with van der Waals surface area (Å²) in [5.41, 5.74) is 4.18. The van der Waals surface area contributed by atoms with E-state index < -0.39 is 18.1 Å². The van der Waals surface area contributed by atoms with E-state index >= 15 is 0 Å². The summed E-state index contributed by atoms with van der Waals surface area (Å²) in [4.78, 5) is 56.5. The molecule has 1 aliphatic carbocycles. The maximum absolute atomic E-state index is 13.8. The molecule has 3 N–H and O–H groups in total. The monoisotopic (exact) mass is 587 g/mol. The predicted octanol–water partition coefficient (Wildman–Crippen LogP) is 3.35. The topological polar surface area (TPSA) is 111 Å². The van der Waals surface area contributed by atoms with Crippen LogP contribution in [0, 0.1) is 19.8 Å². The van der Waals surface area contributed by atoms with Crippen molar-refractivity contribution >= 4 is 23.6 Å². The zero-order valence-corrected chi connectivity index (χ0v) is 25.8. The molecule has 0 aromatic heterocycles. The summed E-state index contributed by atoms with van der Waals surface area (Å²) in [5, 5.41) is 8.60. The molecule has 1 saturated carbocycles. The van der Waals surface area contributed by atoms with Gasteiger partial charge in [0.05, 0.1) is 19.1 Å². The van der Waals surface area contributed by atoms with Gasteiger partial charge in [0.1, 0.15) is 12.1 Å². The lowest BCUT2D eigenvalue weighted by Crippen LogP contribution is -2.57. The van der Waals surface area contributed by atoms with E-state index in [4.69, 9.17) is 0 Å². The van der Waals surface area contributed by atoms with E-state index in [9.17, 15) is 19.2 Å². The van der Waals surface area contributed by atoms with Crippen molar-refractivity contribution in [2.75, 3.05) is 13.6 Å². The molecule has 43 heavy (non-hydrogen) atoms. The summed E-state index contributed by atoms with van der Waals surface area (Å²) in [6, 6.07) is 14.0. The van der Waals surface area contributed by atoms with Gasteiger partial charge in [0.25, 0.3) is 0 Å². The maximum atomic E-state index is 13.8. The molecule has 0 unspecified atom stereocenters. The number of benzene rings is 2. The lowest BCUT2D eigenvalue weighted by Gasteiger charge is -2.36. The zero-order chi connectivity index (χ0) is 30.9. The molecule has 9 nitrogen and oxygen atoms in total. The van der Waals surface area contributed by atoms with Crippen LogP contribution in [0.15, 0.2) is 60.9 Å². The Morgan fingerprint density at radius 1 is 0.860 bits per heavy atom. The van der Waals surface area contributed by atoms with Gasteiger partial charge in [0.15, 0.2) is 0 Å². The van der Waals surface area contributed by atoms with Crippen molar-refractivity contribution in [3.05, 3.63) is 83.2 Å². The summed E-state index contributed by atoms with van der Waals surface area (Å²) in [6.45, 7) is 5.88. The molecule has 9 heteroatoms. The standard InChI is InChI=1S/C34H45N5O4/c1-23-10-14-26(15-11-23)20-29-34(43)38(22-27-16-12-24(2)13-17-27)18-19-39(29)30(40)21-36-33(42)31(28-8-6-5-7-9-28)37-32(41)25(3)35-4/h10-19,25,28-29,31,35H,5-9,20-22H2,1-4H3,(H,36,42)(H,37,41)/t25-,29-,31-/m0/s1. The summed E-state index contributed by atoms with van der Waals surface area (Å²) in [7, 11) is 1.70. The van der Waals surface area contributed by atoms with Crippen LogP contribution in [0.4, 0.5) is 0 Å². The van der Waals surface area contributed by atoms with Gasteiger partial charge in [0, 0.05) is 18.8 Å². The number of nitrogens with zero attached hydrogens (tertiary/aromatic N) is 2. The molecule has 2 aliphatic rings. The van der Waals surface area contributed by atoms with Crippen molar-refractivity contribution in [2.24, 2.45) is 5.92 Å². The molecule has 3 atom stereocenters. The molecule has 0 bridgehead atoms. The highest BCUT2D eigenvalue weighted by molar-refractivity contribution is 5.94. The number of hydrogen-bond donors (Lipinski definition) is 3. The average molecular weight is 588 g/mol. The quantitative estimate of drug-likeness (QED) is 0.374. The minimum Gasteiger partial charge on any atom is -0.345 e. The van der Waals surface area contributed by atoms with Gasteiger partial charge in [0.2, 0.25) is 23.6 Å². The van der Waals surface area contributed by atoms with E-state index in [1.165, 1.54) is 4.90 Å². The van der Waals surface area contributed by atoms with Gasteiger partial charge in [-0.2, -0.15) is 0 Å². The van der Waals surface area contributed by atoms with Crippen LogP contribution in [0.25, 0.3) is 0 Å². The zero-order valence-electron chi connectivity index (χ0n) is 25.8. The molecule has 230 valence electrons. The lowest BCUT2D eigenvalue weighted by atomic mass is 9.83. The maximum Gasteiger partial charge on any atom is 0.250 e. The van der Waals surface area contributed by atoms with E-state index in [1.807, 2.05) is 62.4 Å². The molecule has 2 aromatic rings. The molecular weight excluding hydrogens is 542 g/mol. The SMILES string of the molecule is CN[C@@H](C)C(=O)N[C@H](C(=O)NCC(=O)N1C=CN(Cc2ccc(C)cc2)C(=O)[C@@H]1Cc1ccc(C)cc1)C1CCCCC1. The summed E-state index contributed by atoms with van der Waals surface area (Å²) >= 11 is 0. The normalized spacial score (nSPS) is 18.7. The smallest absolute Gasteiger partial charge is 0.250 e. The highest BCUT2D eigenvalue weighted by atomic mass is 16.2.